The van der Waals surface area contributed by atoms with Crippen LogP contribution in [0.5, 0.6) is 0 Å². The van der Waals surface area contributed by atoms with Crippen LogP contribution in [0.1, 0.15) is 11.1 Å². The molecule has 5 heteroatoms. The van der Waals surface area contributed by atoms with Gasteiger partial charge in [0.1, 0.15) is 0 Å². The van der Waals surface area contributed by atoms with Crippen molar-refractivity contribution in [2.45, 2.75) is 13.3 Å². The second-order valence-electron chi connectivity index (χ2n) is 5.95. The Bertz CT molecular complexity index is 1000. The summed E-state index contributed by atoms with van der Waals surface area (Å²) in [4.78, 5) is 17.8. The molecule has 0 spiro atoms. The highest BCUT2D eigenvalue weighted by atomic mass is 32.1. The lowest BCUT2D eigenvalue weighted by atomic mass is 10.1. The maximum absolute atomic E-state index is 12.2. The highest BCUT2D eigenvalue weighted by Gasteiger charge is 2.08. The zero-order chi connectivity index (χ0) is 17.2. The fraction of sp³-hybridized carbons (Fsp3) is 0.100. The summed E-state index contributed by atoms with van der Waals surface area (Å²) in [5, 5.41) is 4.97. The van der Waals surface area contributed by atoms with Crippen molar-refractivity contribution < 1.29 is 4.79 Å². The largest absolute Gasteiger partial charge is 0.326 e. The zero-order valence-corrected chi connectivity index (χ0v) is 14.6. The molecule has 0 aliphatic carbocycles. The van der Waals surface area contributed by atoms with Crippen LogP contribution in [0.15, 0.2) is 66.3 Å². The number of benzene rings is 2. The van der Waals surface area contributed by atoms with Crippen LogP contribution < -0.4 is 5.32 Å². The Morgan fingerprint density at radius 2 is 1.96 bits per heavy atom. The number of imidazole rings is 1. The molecule has 2 aromatic carbocycles. The number of rotatable bonds is 4. The predicted molar refractivity (Wildman–Crippen MR) is 102 cm³/mol. The van der Waals surface area contributed by atoms with Crippen LogP contribution in [0.2, 0.25) is 0 Å². The number of fused-ring (bicyclic) bond motifs is 1. The van der Waals surface area contributed by atoms with Gasteiger partial charge in [-0.25, -0.2) is 4.98 Å². The molecule has 124 valence electrons. The first-order valence-electron chi connectivity index (χ1n) is 8.06. The summed E-state index contributed by atoms with van der Waals surface area (Å²) in [6.07, 6.45) is 4.39. The monoisotopic (exact) mass is 347 g/mol. The topological polar surface area (TPSA) is 46.4 Å². The van der Waals surface area contributed by atoms with Crippen molar-refractivity contribution in [3.05, 3.63) is 77.4 Å². The summed E-state index contributed by atoms with van der Waals surface area (Å²) >= 11 is 1.61. The van der Waals surface area contributed by atoms with Gasteiger partial charge >= 0.3 is 0 Å². The van der Waals surface area contributed by atoms with Gasteiger partial charge in [-0.3, -0.25) is 9.20 Å². The van der Waals surface area contributed by atoms with Crippen molar-refractivity contribution in [3.8, 4) is 11.3 Å². The smallest absolute Gasteiger partial charge is 0.228 e. The third kappa shape index (κ3) is 3.32. The molecule has 0 atom stereocenters. The van der Waals surface area contributed by atoms with Gasteiger partial charge in [-0.1, -0.05) is 36.4 Å². The Morgan fingerprint density at radius 3 is 2.72 bits per heavy atom. The van der Waals surface area contributed by atoms with Gasteiger partial charge in [0.05, 0.1) is 12.1 Å². The Labute approximate surface area is 149 Å². The van der Waals surface area contributed by atoms with Crippen LogP contribution in [0.25, 0.3) is 16.2 Å². The summed E-state index contributed by atoms with van der Waals surface area (Å²) in [5.74, 6) is -0.00967. The molecule has 2 aromatic heterocycles. The lowest BCUT2D eigenvalue weighted by Gasteiger charge is -2.08. The van der Waals surface area contributed by atoms with Crippen LogP contribution in [-0.4, -0.2) is 15.3 Å². The van der Waals surface area contributed by atoms with E-state index in [-0.39, 0.29) is 5.91 Å². The Hall–Kier alpha value is -2.92. The fourth-order valence-corrected chi connectivity index (χ4v) is 3.48. The molecule has 0 saturated heterocycles. The summed E-state index contributed by atoms with van der Waals surface area (Å²) in [6.45, 7) is 2.02. The minimum atomic E-state index is -0.00967. The SMILES string of the molecule is Cc1ccccc1CC(=O)Nc1ccc(-c2cn3ccsc3n2)cc1. The molecule has 0 aliphatic rings. The summed E-state index contributed by atoms with van der Waals surface area (Å²) in [7, 11) is 0. The van der Waals surface area contributed by atoms with E-state index in [0.717, 1.165) is 33.0 Å². The molecule has 0 radical (unpaired) electrons. The maximum Gasteiger partial charge on any atom is 0.228 e. The number of hydrogen-bond acceptors (Lipinski definition) is 3. The highest BCUT2D eigenvalue weighted by Crippen LogP contribution is 2.23. The second-order valence-corrected chi connectivity index (χ2v) is 6.82. The molecule has 0 saturated carbocycles. The lowest BCUT2D eigenvalue weighted by Crippen LogP contribution is -2.14. The number of aromatic nitrogens is 2. The molecule has 4 rings (SSSR count). The van der Waals surface area contributed by atoms with Crippen molar-refractivity contribution in [2.24, 2.45) is 0 Å². The van der Waals surface area contributed by atoms with Gasteiger partial charge in [-0.2, -0.15) is 0 Å². The summed E-state index contributed by atoms with van der Waals surface area (Å²) in [6, 6.07) is 15.7. The fourth-order valence-electron chi connectivity index (χ4n) is 2.78. The van der Waals surface area contributed by atoms with E-state index in [1.54, 1.807) is 11.3 Å². The van der Waals surface area contributed by atoms with Crippen molar-refractivity contribution >= 4 is 27.9 Å². The molecular weight excluding hydrogens is 330 g/mol. The van der Waals surface area contributed by atoms with E-state index in [4.69, 9.17) is 0 Å². The molecular formula is C20H17N3OS. The third-order valence-electron chi connectivity index (χ3n) is 4.17. The molecule has 0 bridgehead atoms. The molecule has 25 heavy (non-hydrogen) atoms. The van der Waals surface area contributed by atoms with Crippen LogP contribution in [0, 0.1) is 6.92 Å². The van der Waals surface area contributed by atoms with E-state index in [1.165, 1.54) is 0 Å². The molecule has 4 aromatic rings. The van der Waals surface area contributed by atoms with Crippen molar-refractivity contribution in [3.63, 3.8) is 0 Å². The van der Waals surface area contributed by atoms with Gasteiger partial charge in [-0.15, -0.1) is 11.3 Å². The van der Waals surface area contributed by atoms with Crippen molar-refractivity contribution in [2.75, 3.05) is 5.32 Å². The van der Waals surface area contributed by atoms with E-state index < -0.39 is 0 Å². The number of carbonyl (C=O) groups is 1. The van der Waals surface area contributed by atoms with Crippen LogP contribution in [0.4, 0.5) is 5.69 Å². The van der Waals surface area contributed by atoms with Gasteiger partial charge in [0, 0.05) is 29.0 Å². The lowest BCUT2D eigenvalue weighted by molar-refractivity contribution is -0.115. The molecule has 0 aliphatic heterocycles. The van der Waals surface area contributed by atoms with E-state index in [1.807, 2.05) is 77.6 Å². The number of carbonyl (C=O) groups excluding carboxylic acids is 1. The number of thiazole rings is 1. The van der Waals surface area contributed by atoms with Gasteiger partial charge in [0.2, 0.25) is 5.91 Å². The Balaban J connectivity index is 1.46. The first-order valence-corrected chi connectivity index (χ1v) is 8.94. The Morgan fingerprint density at radius 1 is 1.16 bits per heavy atom. The van der Waals surface area contributed by atoms with E-state index in [9.17, 15) is 4.79 Å². The van der Waals surface area contributed by atoms with Crippen molar-refractivity contribution in [1.29, 1.82) is 0 Å². The van der Waals surface area contributed by atoms with Gasteiger partial charge in [-0.05, 0) is 30.2 Å². The van der Waals surface area contributed by atoms with E-state index in [2.05, 4.69) is 10.3 Å². The third-order valence-corrected chi connectivity index (χ3v) is 4.94. The standard InChI is InChI=1S/C20H17N3OS/c1-14-4-2-3-5-16(14)12-19(24)21-17-8-6-15(7-9-17)18-13-23-10-11-25-20(23)22-18/h2-11,13H,12H2,1H3,(H,21,24). The number of nitrogens with zero attached hydrogens (tertiary/aromatic N) is 2. The number of hydrogen-bond donors (Lipinski definition) is 1. The minimum absolute atomic E-state index is 0.00967. The Kier molecular flexibility index (Phi) is 4.07. The van der Waals surface area contributed by atoms with E-state index >= 15 is 0 Å². The average molecular weight is 347 g/mol. The highest BCUT2D eigenvalue weighted by molar-refractivity contribution is 7.15. The molecule has 2 heterocycles. The van der Waals surface area contributed by atoms with Gasteiger partial charge < -0.3 is 5.32 Å². The molecule has 1 amide bonds. The first-order chi connectivity index (χ1) is 12.2. The number of nitrogens with one attached hydrogen (secondary N) is 1. The average Bonchev–Trinajstić information content (AvgIpc) is 3.19. The summed E-state index contributed by atoms with van der Waals surface area (Å²) < 4.78 is 2.01. The normalized spacial score (nSPS) is 10.9. The molecule has 0 fully saturated rings. The predicted octanol–water partition coefficient (Wildman–Crippen LogP) is 4.55. The number of aryl methyl sites for hydroxylation is 1. The zero-order valence-electron chi connectivity index (χ0n) is 13.8. The molecule has 1 N–H and O–H groups in total. The number of amides is 1. The summed E-state index contributed by atoms with van der Waals surface area (Å²) in [5.41, 5.74) is 4.95. The molecule has 4 nitrogen and oxygen atoms in total. The van der Waals surface area contributed by atoms with Crippen LogP contribution >= 0.6 is 11.3 Å². The number of anilines is 1. The van der Waals surface area contributed by atoms with E-state index in [0.29, 0.717) is 6.42 Å². The molecule has 0 unspecified atom stereocenters. The van der Waals surface area contributed by atoms with Crippen molar-refractivity contribution in [1.82, 2.24) is 9.38 Å². The maximum atomic E-state index is 12.2. The second kappa shape index (κ2) is 6.53. The minimum Gasteiger partial charge on any atom is -0.326 e. The van der Waals surface area contributed by atoms with Gasteiger partial charge in [0.15, 0.2) is 4.96 Å². The quantitative estimate of drug-likeness (QED) is 0.588. The van der Waals surface area contributed by atoms with Crippen LogP contribution in [0.3, 0.4) is 0 Å². The first kappa shape index (κ1) is 15.6. The van der Waals surface area contributed by atoms with Gasteiger partial charge in [0.25, 0.3) is 0 Å². The van der Waals surface area contributed by atoms with Crippen LogP contribution in [-0.2, 0) is 11.2 Å².